The van der Waals surface area contributed by atoms with Gasteiger partial charge in [-0.2, -0.15) is 0 Å². The fraction of sp³-hybridized carbons (Fsp3) is 0.500. The van der Waals surface area contributed by atoms with Gasteiger partial charge in [0.15, 0.2) is 0 Å². The fourth-order valence-corrected chi connectivity index (χ4v) is 2.14. The molecule has 0 saturated heterocycles. The summed E-state index contributed by atoms with van der Waals surface area (Å²) in [7, 11) is 0. The van der Waals surface area contributed by atoms with E-state index in [9.17, 15) is 5.11 Å². The summed E-state index contributed by atoms with van der Waals surface area (Å²) in [6.07, 6.45) is 4.04. The molecule has 0 unspecified atom stereocenters. The van der Waals surface area contributed by atoms with Crippen molar-refractivity contribution in [1.82, 2.24) is 0 Å². The van der Waals surface area contributed by atoms with Crippen LogP contribution in [0.2, 0.25) is 0 Å². The van der Waals surface area contributed by atoms with E-state index in [0.29, 0.717) is 13.0 Å². The van der Waals surface area contributed by atoms with Crippen LogP contribution in [0.1, 0.15) is 31.7 Å². The number of ether oxygens (including phenoxy) is 2. The quantitative estimate of drug-likeness (QED) is 0.801. The van der Waals surface area contributed by atoms with E-state index in [2.05, 4.69) is 12.1 Å². The molecular formula is C16H22O3. The summed E-state index contributed by atoms with van der Waals surface area (Å²) >= 11 is 0. The normalized spacial score (nSPS) is 22.7. The third-order valence-corrected chi connectivity index (χ3v) is 3.38. The Morgan fingerprint density at radius 1 is 1.32 bits per heavy atom. The molecule has 104 valence electrons. The minimum atomic E-state index is -0.344. The van der Waals surface area contributed by atoms with Crippen molar-refractivity contribution in [2.75, 3.05) is 6.61 Å². The molecule has 0 aromatic heterocycles. The average Bonchev–Trinajstić information content (AvgIpc) is 2.43. The van der Waals surface area contributed by atoms with Crippen molar-refractivity contribution in [2.45, 2.75) is 45.0 Å². The van der Waals surface area contributed by atoms with Crippen molar-refractivity contribution in [3.05, 3.63) is 47.7 Å². The molecular weight excluding hydrogens is 240 g/mol. The Morgan fingerprint density at radius 2 is 2.11 bits per heavy atom. The van der Waals surface area contributed by atoms with Crippen LogP contribution in [-0.2, 0) is 16.1 Å². The predicted molar refractivity (Wildman–Crippen MR) is 74.6 cm³/mol. The Bertz CT molecular complexity index is 400. The number of benzene rings is 1. The first kappa shape index (κ1) is 14.1. The second-order valence-corrected chi connectivity index (χ2v) is 5.05. The van der Waals surface area contributed by atoms with Crippen LogP contribution in [0.15, 0.2) is 42.2 Å². The van der Waals surface area contributed by atoms with E-state index in [1.54, 1.807) is 6.26 Å². The van der Waals surface area contributed by atoms with E-state index in [0.717, 1.165) is 25.0 Å². The molecule has 0 bridgehead atoms. The van der Waals surface area contributed by atoms with E-state index in [1.807, 2.05) is 25.1 Å². The number of aliphatic hydroxyl groups is 1. The molecule has 0 spiro atoms. The molecule has 3 heteroatoms. The highest BCUT2D eigenvalue weighted by Crippen LogP contribution is 2.20. The number of aliphatic hydroxyl groups excluding tert-OH is 1. The van der Waals surface area contributed by atoms with Crippen LogP contribution in [-0.4, -0.2) is 23.9 Å². The molecule has 1 aliphatic heterocycles. The van der Waals surface area contributed by atoms with Crippen LogP contribution >= 0.6 is 0 Å². The average molecular weight is 262 g/mol. The Kier molecular flexibility index (Phi) is 5.43. The van der Waals surface area contributed by atoms with Crippen molar-refractivity contribution >= 4 is 0 Å². The Morgan fingerprint density at radius 3 is 2.84 bits per heavy atom. The highest BCUT2D eigenvalue weighted by molar-refractivity contribution is 5.13. The summed E-state index contributed by atoms with van der Waals surface area (Å²) in [6.45, 7) is 3.28. The maximum absolute atomic E-state index is 9.72. The van der Waals surface area contributed by atoms with Crippen molar-refractivity contribution in [3.63, 3.8) is 0 Å². The smallest absolute Gasteiger partial charge is 0.101 e. The molecule has 19 heavy (non-hydrogen) atoms. The molecule has 1 aliphatic rings. The molecule has 3 nitrogen and oxygen atoms in total. The zero-order valence-electron chi connectivity index (χ0n) is 11.4. The van der Waals surface area contributed by atoms with Gasteiger partial charge < -0.3 is 14.6 Å². The van der Waals surface area contributed by atoms with Crippen LogP contribution < -0.4 is 0 Å². The topological polar surface area (TPSA) is 38.7 Å². The third-order valence-electron chi connectivity index (χ3n) is 3.38. The molecule has 1 aromatic carbocycles. The number of hydrogen-bond acceptors (Lipinski definition) is 3. The molecule has 1 aromatic rings. The third kappa shape index (κ3) is 4.69. The molecule has 2 atom stereocenters. The first-order valence-corrected chi connectivity index (χ1v) is 6.87. The molecule has 0 radical (unpaired) electrons. The van der Waals surface area contributed by atoms with Crippen LogP contribution in [0.25, 0.3) is 0 Å². The Balaban J connectivity index is 1.58. The van der Waals surface area contributed by atoms with Gasteiger partial charge in [0.25, 0.3) is 0 Å². The van der Waals surface area contributed by atoms with Gasteiger partial charge in [-0.25, -0.2) is 0 Å². The Labute approximate surface area is 114 Å². The largest absolute Gasteiger partial charge is 0.498 e. The molecule has 0 aliphatic carbocycles. The Hall–Kier alpha value is -1.32. The summed E-state index contributed by atoms with van der Waals surface area (Å²) in [5.74, 6) is 0. The lowest BCUT2D eigenvalue weighted by molar-refractivity contribution is 0.0401. The van der Waals surface area contributed by atoms with Gasteiger partial charge in [-0.05, 0) is 30.9 Å². The molecule has 1 N–H and O–H groups in total. The van der Waals surface area contributed by atoms with E-state index >= 15 is 0 Å². The van der Waals surface area contributed by atoms with E-state index in [4.69, 9.17) is 9.47 Å². The fourth-order valence-electron chi connectivity index (χ4n) is 2.14. The zero-order chi connectivity index (χ0) is 13.5. The zero-order valence-corrected chi connectivity index (χ0v) is 11.4. The summed E-state index contributed by atoms with van der Waals surface area (Å²) < 4.78 is 11.2. The molecule has 0 saturated carbocycles. The minimum absolute atomic E-state index is 0.124. The highest BCUT2D eigenvalue weighted by atomic mass is 16.5. The van der Waals surface area contributed by atoms with E-state index in [-0.39, 0.29) is 12.2 Å². The molecule has 0 fully saturated rings. The lowest BCUT2D eigenvalue weighted by atomic mass is 10.0. The predicted octanol–water partition coefficient (Wildman–Crippen LogP) is 3.04. The first-order chi connectivity index (χ1) is 9.25. The standard InChI is InChI=1S/C16H22O3/c1-13-11-19-15(10-16(13)17)8-5-9-18-12-14-6-3-2-4-7-14/h2-4,6-7,11,15-17H,5,8-10,12H2,1H3/t15-,16+/m0/s1. The summed E-state index contributed by atoms with van der Waals surface area (Å²) in [6, 6.07) is 10.2. The van der Waals surface area contributed by atoms with Crippen LogP contribution in [0, 0.1) is 0 Å². The van der Waals surface area contributed by atoms with Gasteiger partial charge in [0.1, 0.15) is 6.10 Å². The second kappa shape index (κ2) is 7.31. The van der Waals surface area contributed by atoms with Crippen LogP contribution in [0.4, 0.5) is 0 Å². The highest BCUT2D eigenvalue weighted by Gasteiger charge is 2.20. The molecule has 0 amide bonds. The lowest BCUT2D eigenvalue weighted by Crippen LogP contribution is -2.25. The monoisotopic (exact) mass is 262 g/mol. The molecule has 1 heterocycles. The van der Waals surface area contributed by atoms with Gasteiger partial charge in [0, 0.05) is 13.0 Å². The van der Waals surface area contributed by atoms with Gasteiger partial charge in [-0.15, -0.1) is 0 Å². The van der Waals surface area contributed by atoms with E-state index in [1.165, 1.54) is 5.56 Å². The SMILES string of the molecule is CC1=CO[C@@H](CCCOCc2ccccc2)C[C@H]1O. The lowest BCUT2D eigenvalue weighted by Gasteiger charge is -2.25. The summed E-state index contributed by atoms with van der Waals surface area (Å²) in [5, 5.41) is 9.72. The van der Waals surface area contributed by atoms with Crippen LogP contribution in [0.5, 0.6) is 0 Å². The van der Waals surface area contributed by atoms with Gasteiger partial charge in [-0.3, -0.25) is 0 Å². The number of hydrogen-bond donors (Lipinski definition) is 1. The number of rotatable bonds is 6. The van der Waals surface area contributed by atoms with Gasteiger partial charge in [-0.1, -0.05) is 30.3 Å². The summed E-state index contributed by atoms with van der Waals surface area (Å²) in [5.41, 5.74) is 2.11. The van der Waals surface area contributed by atoms with Gasteiger partial charge in [0.2, 0.25) is 0 Å². The molecule has 2 rings (SSSR count). The van der Waals surface area contributed by atoms with E-state index < -0.39 is 0 Å². The van der Waals surface area contributed by atoms with Crippen LogP contribution in [0.3, 0.4) is 0 Å². The minimum Gasteiger partial charge on any atom is -0.498 e. The maximum atomic E-state index is 9.72. The first-order valence-electron chi connectivity index (χ1n) is 6.87. The van der Waals surface area contributed by atoms with Crippen molar-refractivity contribution < 1.29 is 14.6 Å². The summed E-state index contributed by atoms with van der Waals surface area (Å²) in [4.78, 5) is 0. The maximum Gasteiger partial charge on any atom is 0.101 e. The van der Waals surface area contributed by atoms with Crippen molar-refractivity contribution in [2.24, 2.45) is 0 Å². The van der Waals surface area contributed by atoms with Gasteiger partial charge in [0.05, 0.1) is 19.0 Å². The van der Waals surface area contributed by atoms with Gasteiger partial charge >= 0.3 is 0 Å². The van der Waals surface area contributed by atoms with Crippen molar-refractivity contribution in [1.29, 1.82) is 0 Å². The second-order valence-electron chi connectivity index (χ2n) is 5.05. The van der Waals surface area contributed by atoms with Crippen molar-refractivity contribution in [3.8, 4) is 0 Å².